The van der Waals surface area contributed by atoms with Gasteiger partial charge in [0, 0.05) is 16.1 Å². The van der Waals surface area contributed by atoms with Crippen molar-refractivity contribution in [1.82, 2.24) is 10.2 Å². The van der Waals surface area contributed by atoms with Gasteiger partial charge in [-0.15, -0.1) is 11.3 Å². The third kappa shape index (κ3) is 1.84. The van der Waals surface area contributed by atoms with Crippen molar-refractivity contribution in [2.75, 3.05) is 0 Å². The van der Waals surface area contributed by atoms with Crippen LogP contribution in [0.5, 0.6) is 0 Å². The molecule has 0 aliphatic carbocycles. The van der Waals surface area contributed by atoms with E-state index in [1.165, 1.54) is 6.07 Å². The molecule has 0 radical (unpaired) electrons. The van der Waals surface area contributed by atoms with E-state index in [0.717, 1.165) is 28.7 Å². The van der Waals surface area contributed by atoms with Crippen LogP contribution in [-0.2, 0) is 6.18 Å². The molecule has 16 heavy (non-hydrogen) atoms. The number of nitrogens with zero attached hydrogens (tertiary/aromatic N) is 1. The molecular weight excluding hydrogens is 237 g/mol. The third-order valence-corrected chi connectivity index (χ3v) is 3.41. The van der Waals surface area contributed by atoms with Gasteiger partial charge in [0.2, 0.25) is 0 Å². The van der Waals surface area contributed by atoms with Crippen molar-refractivity contribution in [3.63, 3.8) is 0 Å². The Morgan fingerprint density at radius 3 is 2.38 bits per heavy atom. The smallest absolute Gasteiger partial charge is 0.282 e. The van der Waals surface area contributed by atoms with Gasteiger partial charge in [-0.05, 0) is 26.0 Å². The summed E-state index contributed by atoms with van der Waals surface area (Å²) in [6.07, 6.45) is -4.27. The van der Waals surface area contributed by atoms with Crippen LogP contribution in [0.2, 0.25) is 0 Å². The molecule has 2 rings (SSSR count). The number of H-pyrrole nitrogens is 1. The van der Waals surface area contributed by atoms with Crippen LogP contribution in [0.1, 0.15) is 16.3 Å². The Labute approximate surface area is 94.1 Å². The van der Waals surface area contributed by atoms with Crippen molar-refractivity contribution in [2.24, 2.45) is 0 Å². The molecule has 0 atom stereocenters. The van der Waals surface area contributed by atoms with E-state index in [-0.39, 0.29) is 0 Å². The topological polar surface area (TPSA) is 28.7 Å². The fourth-order valence-corrected chi connectivity index (χ4v) is 2.57. The highest BCUT2D eigenvalue weighted by Crippen LogP contribution is 2.39. The van der Waals surface area contributed by atoms with Crippen LogP contribution in [0.3, 0.4) is 0 Å². The molecule has 6 heteroatoms. The first-order valence-corrected chi connectivity index (χ1v) is 5.40. The standard InChI is InChI=1S/C10H9F3N2S/c1-5-9(6(2)15-14-5)7-3-4-8(16-7)10(11,12)13/h3-4H,1-2H3,(H,14,15). The fraction of sp³-hybridized carbons (Fsp3) is 0.300. The predicted octanol–water partition coefficient (Wildman–Crippen LogP) is 3.77. The Bertz CT molecular complexity index is 491. The number of nitrogens with one attached hydrogen (secondary N) is 1. The molecule has 0 aromatic carbocycles. The Balaban J connectivity index is 2.47. The molecule has 86 valence electrons. The lowest BCUT2D eigenvalue weighted by Crippen LogP contribution is -2.00. The van der Waals surface area contributed by atoms with Crippen molar-refractivity contribution in [3.05, 3.63) is 28.4 Å². The summed E-state index contributed by atoms with van der Waals surface area (Å²) in [6.45, 7) is 3.56. The molecule has 0 amide bonds. The highest BCUT2D eigenvalue weighted by molar-refractivity contribution is 7.15. The maximum absolute atomic E-state index is 12.4. The van der Waals surface area contributed by atoms with Crippen molar-refractivity contribution in [3.8, 4) is 10.4 Å². The van der Waals surface area contributed by atoms with Crippen molar-refractivity contribution in [1.29, 1.82) is 0 Å². The van der Waals surface area contributed by atoms with Gasteiger partial charge in [-0.1, -0.05) is 0 Å². The lowest BCUT2D eigenvalue weighted by Gasteiger charge is -2.01. The number of rotatable bonds is 1. The molecule has 2 nitrogen and oxygen atoms in total. The summed E-state index contributed by atoms with van der Waals surface area (Å²) < 4.78 is 37.3. The SMILES string of the molecule is Cc1n[nH]c(C)c1-c1ccc(C(F)(F)F)s1. The minimum Gasteiger partial charge on any atom is -0.282 e. The number of aromatic nitrogens is 2. The van der Waals surface area contributed by atoms with E-state index < -0.39 is 11.1 Å². The Hall–Kier alpha value is -1.30. The molecule has 0 fully saturated rings. The molecule has 0 saturated heterocycles. The van der Waals surface area contributed by atoms with Gasteiger partial charge in [0.05, 0.1) is 5.69 Å². The lowest BCUT2D eigenvalue weighted by molar-refractivity contribution is -0.134. The number of aromatic amines is 1. The largest absolute Gasteiger partial charge is 0.425 e. The number of aryl methyl sites for hydroxylation is 2. The summed E-state index contributed by atoms with van der Waals surface area (Å²) in [7, 11) is 0. The van der Waals surface area contributed by atoms with Crippen molar-refractivity contribution < 1.29 is 13.2 Å². The highest BCUT2D eigenvalue weighted by Gasteiger charge is 2.32. The maximum atomic E-state index is 12.4. The average molecular weight is 246 g/mol. The Kier molecular flexibility index (Phi) is 2.53. The number of hydrogen-bond donors (Lipinski definition) is 1. The van der Waals surface area contributed by atoms with Crippen LogP contribution in [0.15, 0.2) is 12.1 Å². The van der Waals surface area contributed by atoms with Gasteiger partial charge in [-0.25, -0.2) is 0 Å². The first-order chi connectivity index (χ1) is 7.39. The number of alkyl halides is 3. The second-order valence-electron chi connectivity index (χ2n) is 3.47. The van der Waals surface area contributed by atoms with E-state index in [4.69, 9.17) is 0 Å². The quantitative estimate of drug-likeness (QED) is 0.815. The first-order valence-electron chi connectivity index (χ1n) is 4.58. The Morgan fingerprint density at radius 1 is 1.25 bits per heavy atom. The number of thiophene rings is 1. The van der Waals surface area contributed by atoms with Gasteiger partial charge in [-0.2, -0.15) is 18.3 Å². The summed E-state index contributed by atoms with van der Waals surface area (Å²) in [5.41, 5.74) is 2.27. The van der Waals surface area contributed by atoms with Gasteiger partial charge in [-0.3, -0.25) is 5.10 Å². The van der Waals surface area contributed by atoms with Crippen LogP contribution in [0.25, 0.3) is 10.4 Å². The van der Waals surface area contributed by atoms with E-state index in [2.05, 4.69) is 10.2 Å². The molecule has 2 heterocycles. The lowest BCUT2D eigenvalue weighted by atomic mass is 10.1. The van der Waals surface area contributed by atoms with Crippen molar-refractivity contribution >= 4 is 11.3 Å². The van der Waals surface area contributed by atoms with Gasteiger partial charge in [0.15, 0.2) is 0 Å². The summed E-state index contributed by atoms with van der Waals surface area (Å²) in [6, 6.07) is 2.59. The molecule has 0 bridgehead atoms. The van der Waals surface area contributed by atoms with E-state index >= 15 is 0 Å². The minimum absolute atomic E-state index is 0.581. The summed E-state index contributed by atoms with van der Waals surface area (Å²) in [5, 5.41) is 6.72. The van der Waals surface area contributed by atoms with Crippen LogP contribution in [0.4, 0.5) is 13.2 Å². The molecule has 2 aromatic heterocycles. The molecule has 1 N–H and O–H groups in total. The maximum Gasteiger partial charge on any atom is 0.425 e. The fourth-order valence-electron chi connectivity index (χ4n) is 1.54. The highest BCUT2D eigenvalue weighted by atomic mass is 32.1. The minimum atomic E-state index is -4.27. The second-order valence-corrected chi connectivity index (χ2v) is 4.55. The molecule has 0 aliphatic heterocycles. The summed E-state index contributed by atoms with van der Waals surface area (Å²) in [5.74, 6) is 0. The normalized spacial score (nSPS) is 12.1. The molecule has 2 aromatic rings. The van der Waals surface area contributed by atoms with Gasteiger partial charge in [0.1, 0.15) is 4.88 Å². The monoisotopic (exact) mass is 246 g/mol. The first kappa shape index (κ1) is 11.2. The summed E-state index contributed by atoms with van der Waals surface area (Å²) in [4.78, 5) is 0.0126. The Morgan fingerprint density at radius 2 is 1.94 bits per heavy atom. The zero-order valence-electron chi connectivity index (χ0n) is 8.64. The van der Waals surface area contributed by atoms with Gasteiger partial charge < -0.3 is 0 Å². The van der Waals surface area contributed by atoms with E-state index in [1.54, 1.807) is 13.8 Å². The summed E-state index contributed by atoms with van der Waals surface area (Å²) >= 11 is 0.741. The molecule has 0 spiro atoms. The molecule has 0 saturated carbocycles. The zero-order valence-corrected chi connectivity index (χ0v) is 9.46. The molecular formula is C10H9F3N2S. The van der Waals surface area contributed by atoms with Crippen molar-refractivity contribution in [2.45, 2.75) is 20.0 Å². The third-order valence-electron chi connectivity index (χ3n) is 2.26. The van der Waals surface area contributed by atoms with Gasteiger partial charge in [0.25, 0.3) is 0 Å². The van der Waals surface area contributed by atoms with E-state index in [9.17, 15) is 13.2 Å². The van der Waals surface area contributed by atoms with Crippen LogP contribution in [-0.4, -0.2) is 10.2 Å². The van der Waals surface area contributed by atoms with Crippen LogP contribution >= 0.6 is 11.3 Å². The average Bonchev–Trinajstić information content (AvgIpc) is 2.72. The molecule has 0 unspecified atom stereocenters. The van der Waals surface area contributed by atoms with Crippen LogP contribution in [0, 0.1) is 13.8 Å². The van der Waals surface area contributed by atoms with Crippen LogP contribution < -0.4 is 0 Å². The van der Waals surface area contributed by atoms with E-state index in [1.807, 2.05) is 0 Å². The molecule has 0 aliphatic rings. The number of hydrogen-bond acceptors (Lipinski definition) is 2. The number of halogens is 3. The van der Waals surface area contributed by atoms with Gasteiger partial charge >= 0.3 is 6.18 Å². The second kappa shape index (κ2) is 3.62. The predicted molar refractivity (Wildman–Crippen MR) is 56.4 cm³/mol. The zero-order chi connectivity index (χ0) is 11.9. The van der Waals surface area contributed by atoms with E-state index in [0.29, 0.717) is 10.6 Å².